The summed E-state index contributed by atoms with van der Waals surface area (Å²) in [5, 5.41) is 10.4. The minimum atomic E-state index is -0.418. The van der Waals surface area contributed by atoms with Gasteiger partial charge in [-0.25, -0.2) is 0 Å². The van der Waals surface area contributed by atoms with Gasteiger partial charge >= 0.3 is 4.87 Å². The SMILES string of the molecule is Cc1csc(=O)n1CCSc1nnc(C2COc3ccccc3O2)o1. The maximum absolute atomic E-state index is 11.7. The van der Waals surface area contributed by atoms with Gasteiger partial charge < -0.3 is 18.5 Å². The molecule has 0 N–H and O–H groups in total. The summed E-state index contributed by atoms with van der Waals surface area (Å²) in [5.41, 5.74) is 0.966. The second-order valence-corrected chi connectivity index (χ2v) is 7.28. The normalized spacial score (nSPS) is 16.1. The van der Waals surface area contributed by atoms with Gasteiger partial charge in [0, 0.05) is 23.4 Å². The number of aryl methyl sites for hydroxylation is 1. The number of benzene rings is 1. The first-order valence-electron chi connectivity index (χ1n) is 7.70. The fraction of sp³-hybridized carbons (Fsp3) is 0.312. The second kappa shape index (κ2) is 6.93. The Hall–Kier alpha value is -2.26. The van der Waals surface area contributed by atoms with Gasteiger partial charge in [0.25, 0.3) is 11.1 Å². The number of thioether (sulfide) groups is 1. The molecule has 1 unspecified atom stereocenters. The van der Waals surface area contributed by atoms with Crippen LogP contribution in [0.5, 0.6) is 11.5 Å². The third kappa shape index (κ3) is 3.42. The Morgan fingerprint density at radius 1 is 1.32 bits per heavy atom. The smallest absolute Gasteiger partial charge is 0.307 e. The van der Waals surface area contributed by atoms with Crippen molar-refractivity contribution in [3.63, 3.8) is 0 Å². The molecule has 1 aromatic carbocycles. The van der Waals surface area contributed by atoms with E-state index in [1.54, 1.807) is 4.57 Å². The number of nitrogens with zero attached hydrogens (tertiary/aromatic N) is 3. The second-order valence-electron chi connectivity index (χ2n) is 5.41. The Morgan fingerprint density at radius 2 is 2.16 bits per heavy atom. The number of aromatic nitrogens is 3. The zero-order chi connectivity index (χ0) is 17.2. The Kier molecular flexibility index (Phi) is 4.50. The zero-order valence-corrected chi connectivity index (χ0v) is 15.0. The highest BCUT2D eigenvalue weighted by atomic mass is 32.2. The van der Waals surface area contributed by atoms with Crippen LogP contribution < -0.4 is 14.3 Å². The van der Waals surface area contributed by atoms with E-state index in [0.717, 1.165) is 5.69 Å². The number of hydrogen-bond acceptors (Lipinski definition) is 8. The van der Waals surface area contributed by atoms with Crippen molar-refractivity contribution < 1.29 is 13.9 Å². The van der Waals surface area contributed by atoms with E-state index in [2.05, 4.69) is 10.2 Å². The largest absolute Gasteiger partial charge is 0.485 e. The molecule has 7 nitrogen and oxygen atoms in total. The molecule has 1 aliphatic heterocycles. The molecule has 3 heterocycles. The molecule has 0 radical (unpaired) electrons. The zero-order valence-electron chi connectivity index (χ0n) is 13.4. The first kappa shape index (κ1) is 16.2. The summed E-state index contributed by atoms with van der Waals surface area (Å²) in [4.78, 5) is 11.7. The first-order valence-corrected chi connectivity index (χ1v) is 9.57. The quantitative estimate of drug-likeness (QED) is 0.633. The molecule has 0 amide bonds. The number of fused-ring (bicyclic) bond motifs is 1. The Bertz CT molecular complexity index is 933. The average Bonchev–Trinajstić information content (AvgIpc) is 3.23. The molecule has 1 aliphatic rings. The van der Waals surface area contributed by atoms with Gasteiger partial charge in [-0.3, -0.25) is 4.79 Å². The Balaban J connectivity index is 1.37. The number of hydrogen-bond donors (Lipinski definition) is 0. The van der Waals surface area contributed by atoms with E-state index in [4.69, 9.17) is 13.9 Å². The predicted octanol–water partition coefficient (Wildman–Crippen LogP) is 2.91. The highest BCUT2D eigenvalue weighted by Crippen LogP contribution is 2.35. The molecule has 3 aromatic rings. The lowest BCUT2D eigenvalue weighted by molar-refractivity contribution is 0.0686. The van der Waals surface area contributed by atoms with Crippen molar-refractivity contribution in [2.24, 2.45) is 0 Å². The molecule has 0 spiro atoms. The van der Waals surface area contributed by atoms with Crippen molar-refractivity contribution in [3.8, 4) is 11.5 Å². The van der Waals surface area contributed by atoms with E-state index in [9.17, 15) is 4.79 Å². The lowest BCUT2D eigenvalue weighted by Gasteiger charge is -2.23. The molecule has 0 saturated heterocycles. The van der Waals surface area contributed by atoms with E-state index in [0.29, 0.717) is 41.5 Å². The number of rotatable bonds is 5. The van der Waals surface area contributed by atoms with Gasteiger partial charge in [0.05, 0.1) is 0 Å². The predicted molar refractivity (Wildman–Crippen MR) is 93.6 cm³/mol. The number of thiazole rings is 1. The van der Waals surface area contributed by atoms with Crippen LogP contribution in [0, 0.1) is 6.92 Å². The Labute approximate surface area is 151 Å². The van der Waals surface area contributed by atoms with Crippen molar-refractivity contribution >= 4 is 23.1 Å². The molecule has 2 aromatic heterocycles. The topological polar surface area (TPSA) is 79.4 Å². The molecular formula is C16H15N3O4S2. The summed E-state index contributed by atoms with van der Waals surface area (Å²) in [6.07, 6.45) is -0.418. The summed E-state index contributed by atoms with van der Waals surface area (Å²) in [7, 11) is 0. The summed E-state index contributed by atoms with van der Waals surface area (Å²) in [6, 6.07) is 7.47. The molecule has 130 valence electrons. The number of ether oxygens (including phenoxy) is 2. The van der Waals surface area contributed by atoms with Gasteiger partial charge in [-0.1, -0.05) is 35.2 Å². The molecule has 0 aliphatic carbocycles. The molecular weight excluding hydrogens is 362 g/mol. The van der Waals surface area contributed by atoms with Crippen molar-refractivity contribution in [3.05, 3.63) is 50.9 Å². The first-order chi connectivity index (χ1) is 12.2. The fourth-order valence-corrected chi connectivity index (χ4v) is 3.90. The van der Waals surface area contributed by atoms with Crippen molar-refractivity contribution in [2.75, 3.05) is 12.4 Å². The van der Waals surface area contributed by atoms with Gasteiger partial charge in [-0.2, -0.15) is 0 Å². The van der Waals surface area contributed by atoms with Crippen LogP contribution in [0.1, 0.15) is 17.7 Å². The van der Waals surface area contributed by atoms with Crippen LogP contribution in [-0.2, 0) is 6.54 Å². The highest BCUT2D eigenvalue weighted by Gasteiger charge is 2.27. The van der Waals surface area contributed by atoms with E-state index in [-0.39, 0.29) is 4.87 Å². The Morgan fingerprint density at radius 3 is 2.96 bits per heavy atom. The van der Waals surface area contributed by atoms with Crippen molar-refractivity contribution in [2.45, 2.75) is 24.8 Å². The third-order valence-electron chi connectivity index (χ3n) is 3.72. The average molecular weight is 377 g/mol. The molecule has 1 atom stereocenters. The summed E-state index contributed by atoms with van der Waals surface area (Å²) < 4.78 is 18.9. The van der Waals surface area contributed by atoms with E-state index < -0.39 is 6.10 Å². The van der Waals surface area contributed by atoms with Crippen LogP contribution in [-0.4, -0.2) is 27.1 Å². The van der Waals surface area contributed by atoms with Gasteiger partial charge in [0.15, 0.2) is 11.5 Å². The van der Waals surface area contributed by atoms with Crippen LogP contribution in [0.2, 0.25) is 0 Å². The highest BCUT2D eigenvalue weighted by molar-refractivity contribution is 7.99. The lowest BCUT2D eigenvalue weighted by Crippen LogP contribution is -2.21. The summed E-state index contributed by atoms with van der Waals surface area (Å²) in [5.74, 6) is 2.44. The summed E-state index contributed by atoms with van der Waals surface area (Å²) >= 11 is 2.63. The molecule has 4 rings (SSSR count). The minimum absolute atomic E-state index is 0.0516. The van der Waals surface area contributed by atoms with E-state index in [1.165, 1.54) is 23.1 Å². The van der Waals surface area contributed by atoms with Gasteiger partial charge in [-0.05, 0) is 19.1 Å². The van der Waals surface area contributed by atoms with Crippen LogP contribution >= 0.6 is 23.1 Å². The van der Waals surface area contributed by atoms with Crippen LogP contribution in [0.25, 0.3) is 0 Å². The van der Waals surface area contributed by atoms with Gasteiger partial charge in [-0.15, -0.1) is 10.2 Å². The number of para-hydroxylation sites is 2. The maximum Gasteiger partial charge on any atom is 0.307 e. The van der Waals surface area contributed by atoms with Crippen LogP contribution in [0.15, 0.2) is 44.1 Å². The minimum Gasteiger partial charge on any atom is -0.485 e. The lowest BCUT2D eigenvalue weighted by atomic mass is 10.2. The van der Waals surface area contributed by atoms with E-state index in [1.807, 2.05) is 36.6 Å². The fourth-order valence-electron chi connectivity index (χ4n) is 2.45. The van der Waals surface area contributed by atoms with Gasteiger partial charge in [0.1, 0.15) is 6.61 Å². The van der Waals surface area contributed by atoms with Gasteiger partial charge in [0.2, 0.25) is 6.10 Å². The van der Waals surface area contributed by atoms with Crippen LogP contribution in [0.4, 0.5) is 0 Å². The molecule has 25 heavy (non-hydrogen) atoms. The van der Waals surface area contributed by atoms with Crippen molar-refractivity contribution in [1.82, 2.24) is 14.8 Å². The monoisotopic (exact) mass is 377 g/mol. The summed E-state index contributed by atoms with van der Waals surface area (Å²) in [6.45, 7) is 2.85. The molecule has 9 heteroatoms. The maximum atomic E-state index is 11.7. The molecule has 0 bridgehead atoms. The molecule has 0 saturated carbocycles. The standard InChI is InChI=1S/C16H15N3O4S2/c1-10-9-25-16(20)19(10)6-7-24-15-18-17-14(23-15)13-8-21-11-4-2-3-5-12(11)22-13/h2-5,9,13H,6-8H2,1H3. The molecule has 0 fully saturated rings. The van der Waals surface area contributed by atoms with Crippen molar-refractivity contribution in [1.29, 1.82) is 0 Å². The third-order valence-corrected chi connectivity index (χ3v) is 5.40. The van der Waals surface area contributed by atoms with E-state index >= 15 is 0 Å². The van der Waals surface area contributed by atoms with Crippen LogP contribution in [0.3, 0.4) is 0 Å².